The second-order valence-electron chi connectivity index (χ2n) is 2.09. The van der Waals surface area contributed by atoms with Crippen molar-refractivity contribution in [3.05, 3.63) is 33.8 Å². The molecule has 3 heteroatoms. The molecule has 1 nitrogen and oxygen atoms in total. The molecule has 0 unspecified atom stereocenters. The fourth-order valence-corrected chi connectivity index (χ4v) is 1.01. The van der Waals surface area contributed by atoms with Crippen LogP contribution in [-0.2, 0) is 0 Å². The molecule has 0 bridgehead atoms. The van der Waals surface area contributed by atoms with E-state index >= 15 is 0 Å². The number of aliphatic hydroxyl groups is 1. The molecule has 0 aliphatic heterocycles. The standard InChI is InChI=1S/C9H6Cl2O/c10-8-4-3-7(2-1-5-12)6-9(8)11/h3-4,6,12H,5H2. The first-order valence-electron chi connectivity index (χ1n) is 3.29. The third-order valence-electron chi connectivity index (χ3n) is 1.23. The summed E-state index contributed by atoms with van der Waals surface area (Å²) in [6.07, 6.45) is 0. The maximum absolute atomic E-state index is 8.42. The zero-order valence-electron chi connectivity index (χ0n) is 6.14. The maximum atomic E-state index is 8.42. The number of rotatable bonds is 0. The monoisotopic (exact) mass is 200 g/mol. The SMILES string of the molecule is OCC#Cc1ccc(Cl)c(Cl)c1. The van der Waals surface area contributed by atoms with Crippen molar-refractivity contribution >= 4 is 23.2 Å². The average molecular weight is 201 g/mol. The smallest absolute Gasteiger partial charge is 0.104 e. The second-order valence-corrected chi connectivity index (χ2v) is 2.90. The van der Waals surface area contributed by atoms with Gasteiger partial charge in [-0.2, -0.15) is 0 Å². The first-order valence-corrected chi connectivity index (χ1v) is 4.04. The third kappa shape index (κ3) is 2.42. The molecule has 0 saturated heterocycles. The number of benzene rings is 1. The summed E-state index contributed by atoms with van der Waals surface area (Å²) in [5, 5.41) is 9.40. The Labute approximate surface area is 80.9 Å². The van der Waals surface area contributed by atoms with E-state index in [1.165, 1.54) is 0 Å². The Kier molecular flexibility index (Phi) is 3.43. The van der Waals surface area contributed by atoms with Crippen LogP contribution in [0.15, 0.2) is 18.2 Å². The molecule has 0 amide bonds. The van der Waals surface area contributed by atoms with E-state index in [1.54, 1.807) is 18.2 Å². The quantitative estimate of drug-likeness (QED) is 0.638. The van der Waals surface area contributed by atoms with Gasteiger partial charge in [-0.3, -0.25) is 0 Å². The van der Waals surface area contributed by atoms with Crippen molar-refractivity contribution in [1.29, 1.82) is 0 Å². The average Bonchev–Trinajstić information content (AvgIpc) is 2.07. The van der Waals surface area contributed by atoms with Gasteiger partial charge < -0.3 is 5.11 Å². The van der Waals surface area contributed by atoms with Gasteiger partial charge in [0, 0.05) is 5.56 Å². The van der Waals surface area contributed by atoms with Crippen LogP contribution >= 0.6 is 23.2 Å². The summed E-state index contributed by atoms with van der Waals surface area (Å²) >= 11 is 11.4. The predicted molar refractivity (Wildman–Crippen MR) is 50.4 cm³/mol. The molecule has 1 N–H and O–H groups in total. The zero-order valence-corrected chi connectivity index (χ0v) is 7.65. The van der Waals surface area contributed by atoms with E-state index in [1.807, 2.05) is 0 Å². The molecule has 1 aromatic rings. The summed E-state index contributed by atoms with van der Waals surface area (Å²) in [5.41, 5.74) is 0.749. The van der Waals surface area contributed by atoms with Crippen molar-refractivity contribution in [1.82, 2.24) is 0 Å². The lowest BCUT2D eigenvalue weighted by Gasteiger charge is -1.94. The fourth-order valence-electron chi connectivity index (χ4n) is 0.715. The number of halogens is 2. The zero-order chi connectivity index (χ0) is 8.97. The van der Waals surface area contributed by atoms with Crippen molar-refractivity contribution in [2.45, 2.75) is 0 Å². The van der Waals surface area contributed by atoms with Crippen molar-refractivity contribution in [2.24, 2.45) is 0 Å². The Hall–Kier alpha value is -0.680. The van der Waals surface area contributed by atoms with E-state index in [4.69, 9.17) is 28.3 Å². The van der Waals surface area contributed by atoms with Gasteiger partial charge in [-0.15, -0.1) is 0 Å². The lowest BCUT2D eigenvalue weighted by atomic mass is 10.2. The Morgan fingerprint density at radius 3 is 2.58 bits per heavy atom. The molecule has 12 heavy (non-hydrogen) atoms. The minimum Gasteiger partial charge on any atom is -0.384 e. The summed E-state index contributed by atoms with van der Waals surface area (Å²) in [7, 11) is 0. The van der Waals surface area contributed by atoms with E-state index in [0.29, 0.717) is 10.0 Å². The summed E-state index contributed by atoms with van der Waals surface area (Å²) in [5.74, 6) is 5.23. The molecule has 0 radical (unpaired) electrons. The molecule has 62 valence electrons. The van der Waals surface area contributed by atoms with Crippen molar-refractivity contribution in [3.8, 4) is 11.8 Å². The van der Waals surface area contributed by atoms with Crippen molar-refractivity contribution in [2.75, 3.05) is 6.61 Å². The van der Waals surface area contributed by atoms with Gasteiger partial charge in [-0.1, -0.05) is 35.0 Å². The fraction of sp³-hybridized carbons (Fsp3) is 0.111. The molecule has 0 aromatic heterocycles. The molecule has 0 aliphatic rings. The van der Waals surface area contributed by atoms with Gasteiger partial charge in [0.05, 0.1) is 10.0 Å². The van der Waals surface area contributed by atoms with Gasteiger partial charge in [0.2, 0.25) is 0 Å². The normalized spacial score (nSPS) is 8.92. The van der Waals surface area contributed by atoms with Crippen LogP contribution in [0.3, 0.4) is 0 Å². The van der Waals surface area contributed by atoms with Crippen LogP contribution in [0.2, 0.25) is 10.0 Å². The number of hydrogen-bond acceptors (Lipinski definition) is 1. The second kappa shape index (κ2) is 4.37. The molecular weight excluding hydrogens is 195 g/mol. The molecule has 0 saturated carbocycles. The van der Waals surface area contributed by atoms with Gasteiger partial charge >= 0.3 is 0 Å². The summed E-state index contributed by atoms with van der Waals surface area (Å²) in [6.45, 7) is -0.153. The topological polar surface area (TPSA) is 20.2 Å². The van der Waals surface area contributed by atoms with Crippen LogP contribution in [0, 0.1) is 11.8 Å². The Morgan fingerprint density at radius 2 is 2.00 bits per heavy atom. The highest BCUT2D eigenvalue weighted by Gasteiger charge is 1.95. The van der Waals surface area contributed by atoms with Crippen LogP contribution in [0.4, 0.5) is 0 Å². The van der Waals surface area contributed by atoms with Crippen LogP contribution in [0.25, 0.3) is 0 Å². The molecule has 0 aliphatic carbocycles. The van der Waals surface area contributed by atoms with Gasteiger partial charge in [-0.05, 0) is 18.2 Å². The number of aliphatic hydroxyl groups excluding tert-OH is 1. The van der Waals surface area contributed by atoms with Gasteiger partial charge in [0.25, 0.3) is 0 Å². The molecule has 0 spiro atoms. The van der Waals surface area contributed by atoms with E-state index in [-0.39, 0.29) is 6.61 Å². The molecule has 0 fully saturated rings. The first kappa shape index (κ1) is 9.41. The van der Waals surface area contributed by atoms with Crippen LogP contribution < -0.4 is 0 Å². The van der Waals surface area contributed by atoms with E-state index in [0.717, 1.165) is 5.56 Å². The lowest BCUT2D eigenvalue weighted by Crippen LogP contribution is -1.77. The Balaban J connectivity index is 2.97. The number of hydrogen-bond donors (Lipinski definition) is 1. The molecule has 1 aromatic carbocycles. The van der Waals surface area contributed by atoms with Crippen molar-refractivity contribution in [3.63, 3.8) is 0 Å². The van der Waals surface area contributed by atoms with Crippen molar-refractivity contribution < 1.29 is 5.11 Å². The Bertz CT molecular complexity index is 336. The van der Waals surface area contributed by atoms with Gasteiger partial charge in [-0.25, -0.2) is 0 Å². The molecule has 1 rings (SSSR count). The van der Waals surface area contributed by atoms with Crippen LogP contribution in [0.5, 0.6) is 0 Å². The molecule has 0 atom stereocenters. The van der Waals surface area contributed by atoms with Crippen LogP contribution in [-0.4, -0.2) is 11.7 Å². The Morgan fingerprint density at radius 1 is 1.25 bits per heavy atom. The summed E-state index contributed by atoms with van der Waals surface area (Å²) in [6, 6.07) is 5.08. The third-order valence-corrected chi connectivity index (χ3v) is 1.97. The maximum Gasteiger partial charge on any atom is 0.104 e. The van der Waals surface area contributed by atoms with E-state index < -0.39 is 0 Å². The highest BCUT2D eigenvalue weighted by Crippen LogP contribution is 2.21. The summed E-state index contributed by atoms with van der Waals surface area (Å²) < 4.78 is 0. The molecule has 0 heterocycles. The minimum atomic E-state index is -0.153. The first-order chi connectivity index (χ1) is 5.74. The minimum absolute atomic E-state index is 0.153. The highest BCUT2D eigenvalue weighted by molar-refractivity contribution is 6.42. The lowest BCUT2D eigenvalue weighted by molar-refractivity contribution is 0.350. The van der Waals surface area contributed by atoms with Crippen LogP contribution in [0.1, 0.15) is 5.56 Å². The largest absolute Gasteiger partial charge is 0.384 e. The van der Waals surface area contributed by atoms with E-state index in [2.05, 4.69) is 11.8 Å². The summed E-state index contributed by atoms with van der Waals surface area (Å²) in [4.78, 5) is 0. The highest BCUT2D eigenvalue weighted by atomic mass is 35.5. The van der Waals surface area contributed by atoms with E-state index in [9.17, 15) is 0 Å². The van der Waals surface area contributed by atoms with Gasteiger partial charge in [0.15, 0.2) is 0 Å². The van der Waals surface area contributed by atoms with Gasteiger partial charge in [0.1, 0.15) is 6.61 Å². The molecular formula is C9H6Cl2O. The predicted octanol–water partition coefficient (Wildman–Crippen LogP) is 2.34.